The molecule has 0 saturated carbocycles. The first-order chi connectivity index (χ1) is 12.6. The van der Waals surface area contributed by atoms with E-state index in [4.69, 9.17) is 0 Å². The smallest absolute Gasteiger partial charge is 0.193 e. The van der Waals surface area contributed by atoms with E-state index in [9.17, 15) is 19.8 Å². The van der Waals surface area contributed by atoms with E-state index in [1.807, 2.05) is 6.08 Å². The average molecular weight is 382 g/mol. The van der Waals surface area contributed by atoms with E-state index in [1.165, 1.54) is 51.0 Å². The second-order valence-corrected chi connectivity index (χ2v) is 8.44. The Bertz CT molecular complexity index is 491. The molecule has 0 saturated heterocycles. The van der Waals surface area contributed by atoms with E-state index < -0.39 is 23.8 Å². The zero-order chi connectivity index (χ0) is 20.8. The van der Waals surface area contributed by atoms with Gasteiger partial charge in [-0.2, -0.15) is 0 Å². The number of ketones is 1. The van der Waals surface area contributed by atoms with Gasteiger partial charge < -0.3 is 19.5 Å². The molecule has 0 aliphatic carbocycles. The van der Waals surface area contributed by atoms with Gasteiger partial charge in [0.25, 0.3) is 0 Å². The van der Waals surface area contributed by atoms with Crippen molar-refractivity contribution in [2.75, 3.05) is 27.7 Å². The third-order valence-corrected chi connectivity index (χ3v) is 4.35. The third kappa shape index (κ3) is 14.3. The number of carbonyl (C=O) groups excluding carboxylic acids is 2. The van der Waals surface area contributed by atoms with Crippen LogP contribution in [-0.2, 0) is 9.59 Å². The summed E-state index contributed by atoms with van der Waals surface area (Å²) in [6.07, 6.45) is 17.1. The minimum absolute atomic E-state index is 0.00608. The minimum Gasteiger partial charge on any atom is -0.550 e. The van der Waals surface area contributed by atoms with Crippen LogP contribution in [0.1, 0.15) is 71.1 Å². The summed E-state index contributed by atoms with van der Waals surface area (Å²) in [7, 11) is 5.38. The lowest BCUT2D eigenvalue weighted by Crippen LogP contribution is -2.55. The van der Waals surface area contributed by atoms with E-state index in [0.29, 0.717) is 0 Å². The summed E-state index contributed by atoms with van der Waals surface area (Å²) in [5.41, 5.74) is -1.95. The molecule has 0 heterocycles. The molecule has 0 radical (unpaired) electrons. The second-order valence-electron chi connectivity index (χ2n) is 8.44. The van der Waals surface area contributed by atoms with Crippen molar-refractivity contribution in [2.24, 2.45) is 0 Å². The lowest BCUT2D eigenvalue weighted by atomic mass is 9.92. The maximum Gasteiger partial charge on any atom is 0.193 e. The van der Waals surface area contributed by atoms with Crippen LogP contribution in [-0.4, -0.2) is 54.6 Å². The van der Waals surface area contributed by atoms with Crippen LogP contribution in [0.2, 0.25) is 0 Å². The number of allylic oxidation sites excluding steroid dienone is 3. The van der Waals surface area contributed by atoms with Crippen LogP contribution >= 0.6 is 0 Å². The molecule has 5 nitrogen and oxygen atoms in total. The zero-order valence-electron chi connectivity index (χ0n) is 17.7. The van der Waals surface area contributed by atoms with E-state index in [2.05, 4.69) is 6.92 Å². The van der Waals surface area contributed by atoms with E-state index in [-0.39, 0.29) is 11.0 Å². The van der Waals surface area contributed by atoms with Gasteiger partial charge in [0.2, 0.25) is 0 Å². The van der Waals surface area contributed by atoms with E-state index in [0.717, 1.165) is 12.8 Å². The molecule has 27 heavy (non-hydrogen) atoms. The number of hydrogen-bond donors (Lipinski definition) is 1. The largest absolute Gasteiger partial charge is 0.550 e. The normalized spacial score (nSPS) is 14.7. The standard InChI is InChI=1S/C22H39NO4/c1-5-6-7-8-9-10-11-12-13-14-15-16-17-20(24)22(27,18-21(25)26)19-23(2,3)4/h14-17,27H,5-13,18-19H2,1-4H3. The second kappa shape index (κ2) is 13.7. The van der Waals surface area contributed by atoms with Gasteiger partial charge in [-0.05, 0) is 18.9 Å². The molecule has 1 N–H and O–H groups in total. The highest BCUT2D eigenvalue weighted by Gasteiger charge is 2.39. The molecule has 0 amide bonds. The van der Waals surface area contributed by atoms with Crippen LogP contribution in [0.25, 0.3) is 0 Å². The summed E-state index contributed by atoms with van der Waals surface area (Å²) >= 11 is 0. The topological polar surface area (TPSA) is 77.4 Å². The highest BCUT2D eigenvalue weighted by molar-refractivity contribution is 5.99. The molecule has 0 spiro atoms. The Morgan fingerprint density at radius 2 is 1.52 bits per heavy atom. The van der Waals surface area contributed by atoms with Gasteiger partial charge in [0.15, 0.2) is 11.4 Å². The van der Waals surface area contributed by atoms with Gasteiger partial charge in [-0.25, -0.2) is 0 Å². The summed E-state index contributed by atoms with van der Waals surface area (Å²) < 4.78 is 0.275. The lowest BCUT2D eigenvalue weighted by Gasteiger charge is -2.34. The van der Waals surface area contributed by atoms with Gasteiger partial charge in [0.1, 0.15) is 6.54 Å². The van der Waals surface area contributed by atoms with Crippen LogP contribution in [0.15, 0.2) is 24.3 Å². The number of unbranched alkanes of at least 4 members (excludes halogenated alkanes) is 8. The summed E-state index contributed by atoms with van der Waals surface area (Å²) in [4.78, 5) is 23.2. The highest BCUT2D eigenvalue weighted by Crippen LogP contribution is 2.16. The molecule has 156 valence electrons. The van der Waals surface area contributed by atoms with Crippen LogP contribution in [0.5, 0.6) is 0 Å². The predicted octanol–water partition coefficient (Wildman–Crippen LogP) is 2.78. The van der Waals surface area contributed by atoms with Crippen LogP contribution in [0.4, 0.5) is 0 Å². The summed E-state index contributed by atoms with van der Waals surface area (Å²) in [5.74, 6) is -2.03. The van der Waals surface area contributed by atoms with Gasteiger partial charge in [0, 0.05) is 12.4 Å². The number of hydrogen-bond acceptors (Lipinski definition) is 4. The van der Waals surface area contributed by atoms with E-state index >= 15 is 0 Å². The Kier molecular flexibility index (Phi) is 12.9. The fourth-order valence-electron chi connectivity index (χ4n) is 3.11. The quantitative estimate of drug-likeness (QED) is 0.193. The number of quaternary nitrogens is 1. The van der Waals surface area contributed by atoms with Gasteiger partial charge in [-0.3, -0.25) is 4.79 Å². The summed E-state index contributed by atoms with van der Waals surface area (Å²) in [5, 5.41) is 21.4. The molecule has 0 aliphatic rings. The minimum atomic E-state index is -1.95. The number of aliphatic hydroxyl groups is 1. The van der Waals surface area contributed by atoms with Crippen molar-refractivity contribution in [3.05, 3.63) is 24.3 Å². The molecule has 1 atom stereocenters. The van der Waals surface area contributed by atoms with Crippen molar-refractivity contribution in [1.29, 1.82) is 0 Å². The fraction of sp³-hybridized carbons (Fsp3) is 0.727. The molecule has 0 fully saturated rings. The first-order valence-electron chi connectivity index (χ1n) is 10.2. The summed E-state index contributed by atoms with van der Waals surface area (Å²) in [6.45, 7) is 2.23. The van der Waals surface area contributed by atoms with Gasteiger partial charge in [-0.15, -0.1) is 0 Å². The monoisotopic (exact) mass is 381 g/mol. The highest BCUT2D eigenvalue weighted by atomic mass is 16.4. The molecule has 0 bridgehead atoms. The van der Waals surface area contributed by atoms with Crippen molar-refractivity contribution >= 4 is 11.8 Å². The van der Waals surface area contributed by atoms with E-state index in [1.54, 1.807) is 33.3 Å². The average Bonchev–Trinajstić information content (AvgIpc) is 2.53. The maximum absolute atomic E-state index is 12.3. The summed E-state index contributed by atoms with van der Waals surface area (Å²) in [6, 6.07) is 0. The molecule has 1 unspecified atom stereocenters. The molecule has 0 rings (SSSR count). The Morgan fingerprint density at radius 3 is 2.04 bits per heavy atom. The molecule has 0 aromatic rings. The van der Waals surface area contributed by atoms with Crippen molar-refractivity contribution in [2.45, 2.75) is 76.7 Å². The Morgan fingerprint density at radius 1 is 0.963 bits per heavy atom. The van der Waals surface area contributed by atoms with Gasteiger partial charge >= 0.3 is 0 Å². The molecule has 0 aliphatic heterocycles. The fourth-order valence-corrected chi connectivity index (χ4v) is 3.11. The zero-order valence-corrected chi connectivity index (χ0v) is 17.7. The number of carboxylic acid groups (broad SMARTS) is 1. The number of nitrogens with zero attached hydrogens (tertiary/aromatic N) is 1. The predicted molar refractivity (Wildman–Crippen MR) is 108 cm³/mol. The van der Waals surface area contributed by atoms with Crippen molar-refractivity contribution < 1.29 is 24.3 Å². The Hall–Kier alpha value is -1.46. The first kappa shape index (κ1) is 25.5. The van der Waals surface area contributed by atoms with Crippen LogP contribution in [0, 0.1) is 0 Å². The van der Waals surface area contributed by atoms with Crippen molar-refractivity contribution in [3.63, 3.8) is 0 Å². The molecular weight excluding hydrogens is 342 g/mol. The van der Waals surface area contributed by atoms with Crippen LogP contribution < -0.4 is 5.11 Å². The number of likely N-dealkylation sites (N-methyl/N-ethyl adjacent to an activating group) is 1. The molecular formula is C22H39NO4. The van der Waals surface area contributed by atoms with Crippen LogP contribution in [0.3, 0.4) is 0 Å². The molecule has 0 aromatic carbocycles. The number of aliphatic carboxylic acids is 1. The third-order valence-electron chi connectivity index (χ3n) is 4.35. The lowest BCUT2D eigenvalue weighted by molar-refractivity contribution is -0.875. The number of carboxylic acids is 1. The molecule has 0 aromatic heterocycles. The van der Waals surface area contributed by atoms with Gasteiger partial charge in [-0.1, -0.05) is 70.1 Å². The SMILES string of the molecule is CCCCCCCCCCC=CC=CC(=O)C(O)(CC(=O)[O-])C[N+](C)(C)C. The maximum atomic E-state index is 12.3. The number of carbonyl (C=O) groups is 2. The first-order valence-corrected chi connectivity index (χ1v) is 10.2. The Labute approximate surface area is 165 Å². The van der Waals surface area contributed by atoms with Gasteiger partial charge in [0.05, 0.1) is 21.1 Å². The molecule has 5 heteroatoms. The van der Waals surface area contributed by atoms with Crippen molar-refractivity contribution in [3.8, 4) is 0 Å². The Balaban J connectivity index is 4.24. The van der Waals surface area contributed by atoms with Crippen molar-refractivity contribution in [1.82, 2.24) is 0 Å². The number of rotatable bonds is 16.